The molecule has 0 atom stereocenters. The molecule has 0 bridgehead atoms. The number of hydrogen-bond acceptors (Lipinski definition) is 3. The van der Waals surface area contributed by atoms with Gasteiger partial charge in [0.05, 0.1) is 15.5 Å². The van der Waals surface area contributed by atoms with Crippen LogP contribution in [-0.2, 0) is 6.42 Å². The maximum absolute atomic E-state index is 10.6. The summed E-state index contributed by atoms with van der Waals surface area (Å²) in [6, 6.07) is 6.82. The van der Waals surface area contributed by atoms with E-state index in [2.05, 4.69) is 15.9 Å². The van der Waals surface area contributed by atoms with Crippen LogP contribution < -0.4 is 0 Å². The molecule has 0 heterocycles. The Kier molecular flexibility index (Phi) is 3.60. The number of benzene rings is 1. The lowest BCUT2D eigenvalue weighted by Crippen LogP contribution is -1.93. The summed E-state index contributed by atoms with van der Waals surface area (Å²) in [5.74, 6) is 0. The van der Waals surface area contributed by atoms with Gasteiger partial charge in [-0.2, -0.15) is 5.26 Å². The van der Waals surface area contributed by atoms with Crippen molar-refractivity contribution in [3.8, 4) is 6.07 Å². The van der Waals surface area contributed by atoms with Crippen molar-refractivity contribution in [3.05, 3.63) is 38.3 Å². The molecule has 14 heavy (non-hydrogen) atoms. The van der Waals surface area contributed by atoms with Crippen molar-refractivity contribution < 1.29 is 4.92 Å². The summed E-state index contributed by atoms with van der Waals surface area (Å²) in [6.07, 6.45) is 0.887. The average molecular weight is 255 g/mol. The minimum atomic E-state index is -0.444. The molecule has 0 aliphatic heterocycles. The average Bonchev–Trinajstić information content (AvgIpc) is 2.16. The molecule has 0 amide bonds. The predicted molar refractivity (Wildman–Crippen MR) is 54.7 cm³/mol. The highest BCUT2D eigenvalue weighted by molar-refractivity contribution is 9.10. The second-order valence-electron chi connectivity index (χ2n) is 2.67. The van der Waals surface area contributed by atoms with Crippen LogP contribution in [0, 0.1) is 21.4 Å². The van der Waals surface area contributed by atoms with Crippen molar-refractivity contribution in [1.82, 2.24) is 0 Å². The second kappa shape index (κ2) is 4.72. The lowest BCUT2D eigenvalue weighted by Gasteiger charge is -2.01. The molecule has 0 saturated heterocycles. The predicted octanol–water partition coefficient (Wildman–Crippen LogP) is 2.81. The van der Waals surface area contributed by atoms with Crippen molar-refractivity contribution in [2.24, 2.45) is 0 Å². The number of nitro benzene ring substituents is 1. The molecule has 0 radical (unpaired) electrons. The van der Waals surface area contributed by atoms with Gasteiger partial charge in [0.15, 0.2) is 0 Å². The van der Waals surface area contributed by atoms with E-state index >= 15 is 0 Å². The van der Waals surface area contributed by atoms with Gasteiger partial charge in [0.2, 0.25) is 0 Å². The van der Waals surface area contributed by atoms with Crippen molar-refractivity contribution in [2.75, 3.05) is 0 Å². The molecule has 1 aromatic rings. The van der Waals surface area contributed by atoms with E-state index in [0.29, 0.717) is 17.3 Å². The molecule has 4 nitrogen and oxygen atoms in total. The zero-order valence-electron chi connectivity index (χ0n) is 7.24. The van der Waals surface area contributed by atoms with E-state index in [1.165, 1.54) is 6.07 Å². The van der Waals surface area contributed by atoms with E-state index in [9.17, 15) is 10.1 Å². The van der Waals surface area contributed by atoms with Gasteiger partial charge in [-0.05, 0) is 27.9 Å². The van der Waals surface area contributed by atoms with Crippen LogP contribution in [0.15, 0.2) is 22.7 Å². The zero-order valence-corrected chi connectivity index (χ0v) is 8.82. The van der Waals surface area contributed by atoms with Crippen LogP contribution in [-0.4, -0.2) is 4.92 Å². The summed E-state index contributed by atoms with van der Waals surface area (Å²) in [5, 5.41) is 19.0. The van der Waals surface area contributed by atoms with E-state index in [4.69, 9.17) is 5.26 Å². The Morgan fingerprint density at radius 3 is 2.86 bits per heavy atom. The fourth-order valence-corrected chi connectivity index (χ4v) is 1.70. The van der Waals surface area contributed by atoms with Gasteiger partial charge in [0, 0.05) is 12.5 Å². The van der Waals surface area contributed by atoms with Crippen LogP contribution in [0.5, 0.6) is 0 Å². The standard InChI is InChI=1S/C9H7BrN2O2/c10-9-7(4-2-6-11)3-1-5-8(9)12(13)14/h1,3,5H,2,4H2. The molecule has 5 heteroatoms. The molecule has 72 valence electrons. The van der Waals surface area contributed by atoms with Gasteiger partial charge < -0.3 is 0 Å². The number of nitrogens with zero attached hydrogens (tertiary/aromatic N) is 2. The SMILES string of the molecule is N#CCCc1cccc([N+](=O)[O-])c1Br. The Balaban J connectivity index is 3.02. The number of nitro groups is 1. The first-order valence-corrected chi connectivity index (χ1v) is 4.75. The Morgan fingerprint density at radius 2 is 2.29 bits per heavy atom. The molecule has 0 aliphatic carbocycles. The highest BCUT2D eigenvalue weighted by atomic mass is 79.9. The first kappa shape index (κ1) is 10.7. The molecule has 1 rings (SSSR count). The molecular formula is C9H7BrN2O2. The Hall–Kier alpha value is -1.41. The fraction of sp³-hybridized carbons (Fsp3) is 0.222. The lowest BCUT2D eigenvalue weighted by atomic mass is 10.1. The summed E-state index contributed by atoms with van der Waals surface area (Å²) < 4.78 is 0.472. The topological polar surface area (TPSA) is 66.9 Å². The third kappa shape index (κ3) is 2.30. The van der Waals surface area contributed by atoms with E-state index in [-0.39, 0.29) is 5.69 Å². The van der Waals surface area contributed by atoms with E-state index < -0.39 is 4.92 Å². The van der Waals surface area contributed by atoms with Gasteiger partial charge in [-0.15, -0.1) is 0 Å². The first-order chi connectivity index (χ1) is 6.66. The van der Waals surface area contributed by atoms with Gasteiger partial charge in [-0.3, -0.25) is 10.1 Å². The summed E-state index contributed by atoms with van der Waals surface area (Å²) in [5.41, 5.74) is 0.834. The number of hydrogen-bond donors (Lipinski definition) is 0. The second-order valence-corrected chi connectivity index (χ2v) is 3.46. The summed E-state index contributed by atoms with van der Waals surface area (Å²) >= 11 is 3.16. The Bertz CT molecular complexity index is 398. The van der Waals surface area contributed by atoms with Crippen LogP contribution in [0.2, 0.25) is 0 Å². The highest BCUT2D eigenvalue weighted by Crippen LogP contribution is 2.28. The van der Waals surface area contributed by atoms with Crippen LogP contribution in [0.3, 0.4) is 0 Å². The molecule has 0 unspecified atom stereocenters. The monoisotopic (exact) mass is 254 g/mol. The quantitative estimate of drug-likeness (QED) is 0.616. The number of halogens is 1. The van der Waals surface area contributed by atoms with Crippen LogP contribution in [0.25, 0.3) is 0 Å². The molecule has 0 fully saturated rings. The van der Waals surface area contributed by atoms with Crippen molar-refractivity contribution in [3.63, 3.8) is 0 Å². The Labute approximate surface area is 89.4 Å². The smallest absolute Gasteiger partial charge is 0.258 e. The largest absolute Gasteiger partial charge is 0.283 e. The number of aryl methyl sites for hydroxylation is 1. The molecule has 0 saturated carbocycles. The molecule has 0 aromatic heterocycles. The Morgan fingerprint density at radius 1 is 1.57 bits per heavy atom. The van der Waals surface area contributed by atoms with Crippen LogP contribution in [0.4, 0.5) is 5.69 Å². The van der Waals surface area contributed by atoms with Gasteiger partial charge >= 0.3 is 0 Å². The van der Waals surface area contributed by atoms with Crippen molar-refractivity contribution in [1.29, 1.82) is 5.26 Å². The van der Waals surface area contributed by atoms with E-state index in [1.54, 1.807) is 12.1 Å². The van der Waals surface area contributed by atoms with Gasteiger partial charge in [-0.25, -0.2) is 0 Å². The molecule has 0 aliphatic rings. The van der Waals surface area contributed by atoms with Gasteiger partial charge in [0.25, 0.3) is 5.69 Å². The minimum absolute atomic E-state index is 0.0421. The first-order valence-electron chi connectivity index (χ1n) is 3.95. The molecule has 0 N–H and O–H groups in total. The van der Waals surface area contributed by atoms with Crippen LogP contribution in [0.1, 0.15) is 12.0 Å². The van der Waals surface area contributed by atoms with Gasteiger partial charge in [-0.1, -0.05) is 12.1 Å². The summed E-state index contributed by atoms with van der Waals surface area (Å²) in [7, 11) is 0. The van der Waals surface area contributed by atoms with Crippen molar-refractivity contribution >= 4 is 21.6 Å². The van der Waals surface area contributed by atoms with Crippen LogP contribution >= 0.6 is 15.9 Å². The lowest BCUT2D eigenvalue weighted by molar-refractivity contribution is -0.385. The molecular weight excluding hydrogens is 248 g/mol. The van der Waals surface area contributed by atoms with E-state index in [1.807, 2.05) is 6.07 Å². The number of nitriles is 1. The summed E-state index contributed by atoms with van der Waals surface area (Å²) in [4.78, 5) is 10.1. The third-order valence-corrected chi connectivity index (χ3v) is 2.68. The maximum atomic E-state index is 10.6. The molecule has 0 spiro atoms. The van der Waals surface area contributed by atoms with E-state index in [0.717, 1.165) is 5.56 Å². The third-order valence-electron chi connectivity index (χ3n) is 1.76. The fourth-order valence-electron chi connectivity index (χ4n) is 1.09. The highest BCUT2D eigenvalue weighted by Gasteiger charge is 2.13. The van der Waals surface area contributed by atoms with Gasteiger partial charge in [0.1, 0.15) is 0 Å². The summed E-state index contributed by atoms with van der Waals surface area (Å²) in [6.45, 7) is 0. The maximum Gasteiger partial charge on any atom is 0.283 e. The molecule has 1 aromatic carbocycles. The zero-order chi connectivity index (χ0) is 10.6. The number of rotatable bonds is 3. The minimum Gasteiger partial charge on any atom is -0.258 e. The normalized spacial score (nSPS) is 9.43. The van der Waals surface area contributed by atoms with Crippen molar-refractivity contribution in [2.45, 2.75) is 12.8 Å².